The molecule has 1 aromatic carbocycles. The third-order valence-corrected chi connectivity index (χ3v) is 2.37. The van der Waals surface area contributed by atoms with E-state index in [0.29, 0.717) is 0 Å². The Morgan fingerprint density at radius 2 is 2.07 bits per heavy atom. The summed E-state index contributed by atoms with van der Waals surface area (Å²) in [6.45, 7) is 1.87. The molecule has 0 saturated carbocycles. The summed E-state index contributed by atoms with van der Waals surface area (Å²) in [7, 11) is 0. The van der Waals surface area contributed by atoms with E-state index in [0.717, 1.165) is 0 Å². The minimum absolute atomic E-state index is 0.00542. The van der Waals surface area contributed by atoms with E-state index in [1.807, 2.05) is 0 Å². The van der Waals surface area contributed by atoms with Gasteiger partial charge in [0.25, 0.3) is 0 Å². The highest BCUT2D eigenvalue weighted by molar-refractivity contribution is 9.10. The van der Waals surface area contributed by atoms with Crippen LogP contribution >= 0.6 is 15.9 Å². The van der Waals surface area contributed by atoms with Crippen molar-refractivity contribution in [2.24, 2.45) is 0 Å². The van der Waals surface area contributed by atoms with Gasteiger partial charge in [0.1, 0.15) is 0 Å². The molecule has 2 nitrogen and oxygen atoms in total. The second kappa shape index (κ2) is 5.21. The molecule has 0 aliphatic heterocycles. The summed E-state index contributed by atoms with van der Waals surface area (Å²) in [6.07, 6.45) is -0.260. The van der Waals surface area contributed by atoms with Crippen molar-refractivity contribution in [3.63, 3.8) is 0 Å². The first-order valence-corrected chi connectivity index (χ1v) is 5.13. The fourth-order valence-corrected chi connectivity index (χ4v) is 1.38. The van der Waals surface area contributed by atoms with Gasteiger partial charge in [-0.1, -0.05) is 6.07 Å². The Labute approximate surface area is 94.4 Å². The highest BCUT2D eigenvalue weighted by Gasteiger charge is 2.14. The van der Waals surface area contributed by atoms with Gasteiger partial charge in [-0.05, 0) is 28.9 Å². The Kier molecular flexibility index (Phi) is 4.20. The molecule has 1 aromatic rings. The van der Waals surface area contributed by atoms with E-state index in [9.17, 15) is 13.6 Å². The molecule has 82 valence electrons. The largest absolute Gasteiger partial charge is 0.466 e. The van der Waals surface area contributed by atoms with Crippen molar-refractivity contribution in [3.05, 3.63) is 33.8 Å². The molecular weight excluding hydrogens is 270 g/mol. The molecule has 1 rings (SSSR count). The van der Waals surface area contributed by atoms with E-state index >= 15 is 0 Å². The van der Waals surface area contributed by atoms with Crippen molar-refractivity contribution in [3.8, 4) is 0 Å². The zero-order valence-electron chi connectivity index (χ0n) is 8.02. The number of benzene rings is 1. The third kappa shape index (κ3) is 2.99. The van der Waals surface area contributed by atoms with E-state index in [1.165, 1.54) is 12.1 Å². The molecule has 0 aliphatic carbocycles. The Hall–Kier alpha value is -0.970. The van der Waals surface area contributed by atoms with Gasteiger partial charge < -0.3 is 4.74 Å². The first-order valence-electron chi connectivity index (χ1n) is 4.34. The molecule has 0 bridgehead atoms. The molecule has 0 atom stereocenters. The Morgan fingerprint density at radius 3 is 2.67 bits per heavy atom. The number of carbonyl (C=O) groups excluding carboxylic acids is 1. The van der Waals surface area contributed by atoms with Gasteiger partial charge in [0.05, 0.1) is 17.5 Å². The lowest BCUT2D eigenvalue weighted by Gasteiger charge is -2.04. The fraction of sp³-hybridized carbons (Fsp3) is 0.300. The minimum atomic E-state index is -1.02. The quantitative estimate of drug-likeness (QED) is 0.628. The monoisotopic (exact) mass is 278 g/mol. The maximum absolute atomic E-state index is 13.3. The third-order valence-electron chi connectivity index (χ3n) is 1.76. The molecule has 0 aromatic heterocycles. The Bertz CT molecular complexity index is 380. The van der Waals surface area contributed by atoms with Crippen molar-refractivity contribution in [1.82, 2.24) is 0 Å². The van der Waals surface area contributed by atoms with E-state index in [1.54, 1.807) is 6.92 Å². The maximum atomic E-state index is 13.3. The molecule has 0 unspecified atom stereocenters. The van der Waals surface area contributed by atoms with Crippen LogP contribution in [0.2, 0.25) is 0 Å². The molecule has 0 fully saturated rings. The fourth-order valence-electron chi connectivity index (χ4n) is 1.07. The van der Waals surface area contributed by atoms with Gasteiger partial charge in [-0.25, -0.2) is 8.78 Å². The normalized spacial score (nSPS) is 10.1. The summed E-state index contributed by atoms with van der Waals surface area (Å²) in [5.41, 5.74) is -0.00542. The molecule has 5 heteroatoms. The van der Waals surface area contributed by atoms with Gasteiger partial charge in [-0.3, -0.25) is 4.79 Å². The van der Waals surface area contributed by atoms with Crippen LogP contribution in [0, 0.1) is 11.6 Å². The molecule has 0 N–H and O–H groups in total. The Morgan fingerprint density at radius 1 is 1.40 bits per heavy atom. The van der Waals surface area contributed by atoms with Crippen LogP contribution in [0.25, 0.3) is 0 Å². The van der Waals surface area contributed by atoms with E-state index in [-0.39, 0.29) is 23.1 Å². The lowest BCUT2D eigenvalue weighted by molar-refractivity contribution is -0.142. The highest BCUT2D eigenvalue weighted by atomic mass is 79.9. The van der Waals surface area contributed by atoms with Crippen molar-refractivity contribution in [2.75, 3.05) is 6.61 Å². The summed E-state index contributed by atoms with van der Waals surface area (Å²) in [5, 5.41) is 0. The zero-order chi connectivity index (χ0) is 11.4. The van der Waals surface area contributed by atoms with Gasteiger partial charge in [0.15, 0.2) is 11.6 Å². The van der Waals surface area contributed by atoms with E-state index in [4.69, 9.17) is 0 Å². The maximum Gasteiger partial charge on any atom is 0.310 e. The van der Waals surface area contributed by atoms with Crippen LogP contribution in [0.3, 0.4) is 0 Å². The second-order valence-corrected chi connectivity index (χ2v) is 3.67. The average molecular weight is 279 g/mol. The molecule has 0 spiro atoms. The zero-order valence-corrected chi connectivity index (χ0v) is 9.61. The van der Waals surface area contributed by atoms with E-state index in [2.05, 4.69) is 20.7 Å². The Balaban J connectivity index is 2.87. The topological polar surface area (TPSA) is 26.3 Å². The number of hydrogen-bond donors (Lipinski definition) is 0. The van der Waals surface area contributed by atoms with Crippen LogP contribution in [-0.4, -0.2) is 12.6 Å². The molecular formula is C10H9BrF2O2. The number of ether oxygens (including phenoxy) is 1. The lowest BCUT2D eigenvalue weighted by Crippen LogP contribution is -2.09. The minimum Gasteiger partial charge on any atom is -0.466 e. The van der Waals surface area contributed by atoms with Gasteiger partial charge in [-0.15, -0.1) is 0 Å². The number of carbonyl (C=O) groups is 1. The van der Waals surface area contributed by atoms with Crippen molar-refractivity contribution in [2.45, 2.75) is 13.3 Å². The SMILES string of the molecule is CCOC(=O)Cc1ccc(Br)c(F)c1F. The van der Waals surface area contributed by atoms with Crippen molar-refractivity contribution < 1.29 is 18.3 Å². The van der Waals surface area contributed by atoms with Gasteiger partial charge in [-0.2, -0.15) is 0 Å². The van der Waals surface area contributed by atoms with Crippen LogP contribution in [0.1, 0.15) is 12.5 Å². The first kappa shape index (κ1) is 12.1. The molecule has 0 heterocycles. The van der Waals surface area contributed by atoms with E-state index < -0.39 is 17.6 Å². The number of rotatable bonds is 3. The number of halogens is 3. The van der Waals surface area contributed by atoms with Crippen LogP contribution < -0.4 is 0 Å². The smallest absolute Gasteiger partial charge is 0.310 e. The second-order valence-electron chi connectivity index (χ2n) is 2.82. The average Bonchev–Trinajstić information content (AvgIpc) is 2.20. The number of esters is 1. The molecule has 0 saturated heterocycles. The summed E-state index contributed by atoms with van der Waals surface area (Å²) < 4.78 is 31.0. The molecule has 0 radical (unpaired) electrons. The van der Waals surface area contributed by atoms with Gasteiger partial charge in [0, 0.05) is 5.56 Å². The molecule has 0 aliphatic rings. The summed E-state index contributed by atoms with van der Waals surface area (Å²) in [4.78, 5) is 11.0. The molecule has 15 heavy (non-hydrogen) atoms. The van der Waals surface area contributed by atoms with Crippen molar-refractivity contribution in [1.29, 1.82) is 0 Å². The van der Waals surface area contributed by atoms with Crippen LogP contribution in [0.4, 0.5) is 8.78 Å². The predicted octanol–water partition coefficient (Wildman–Crippen LogP) is 2.83. The molecule has 0 amide bonds. The van der Waals surface area contributed by atoms with Gasteiger partial charge >= 0.3 is 5.97 Å². The first-order chi connectivity index (χ1) is 7.06. The summed E-state index contributed by atoms with van der Waals surface area (Å²) in [5.74, 6) is -2.58. The van der Waals surface area contributed by atoms with Gasteiger partial charge in [0.2, 0.25) is 0 Å². The predicted molar refractivity (Wildman–Crippen MR) is 54.4 cm³/mol. The number of hydrogen-bond acceptors (Lipinski definition) is 2. The standard InChI is InChI=1S/C10H9BrF2O2/c1-2-15-8(14)5-6-3-4-7(11)10(13)9(6)12/h3-4H,2,5H2,1H3. The summed E-state index contributed by atoms with van der Waals surface area (Å²) in [6, 6.07) is 2.70. The van der Waals surface area contributed by atoms with Crippen LogP contribution in [-0.2, 0) is 16.0 Å². The van der Waals surface area contributed by atoms with Crippen LogP contribution in [0.15, 0.2) is 16.6 Å². The lowest BCUT2D eigenvalue weighted by atomic mass is 10.1. The summed E-state index contributed by atoms with van der Waals surface area (Å²) >= 11 is 2.85. The highest BCUT2D eigenvalue weighted by Crippen LogP contribution is 2.21. The van der Waals surface area contributed by atoms with Crippen molar-refractivity contribution >= 4 is 21.9 Å². The van der Waals surface area contributed by atoms with Crippen LogP contribution in [0.5, 0.6) is 0 Å².